The normalized spacial score (nSPS) is 12.5. The van der Waals surface area contributed by atoms with Crippen LogP contribution in [0.25, 0.3) is 0 Å². The van der Waals surface area contributed by atoms with Crippen molar-refractivity contribution in [3.05, 3.63) is 35.9 Å². The van der Waals surface area contributed by atoms with Gasteiger partial charge in [-0.1, -0.05) is 44.2 Å². The molecule has 0 N–H and O–H groups in total. The van der Waals surface area contributed by atoms with Crippen molar-refractivity contribution in [3.8, 4) is 0 Å². The second kappa shape index (κ2) is 5.54. The summed E-state index contributed by atoms with van der Waals surface area (Å²) in [7, 11) is 0. The predicted octanol–water partition coefficient (Wildman–Crippen LogP) is 3.34. The Hall–Kier alpha value is -1.31. The molecule has 1 aromatic carbocycles. The number of ether oxygens (including phenoxy) is 1. The first-order chi connectivity index (χ1) is 7.09. The van der Waals surface area contributed by atoms with Crippen molar-refractivity contribution in [2.45, 2.75) is 33.3 Å². The van der Waals surface area contributed by atoms with Gasteiger partial charge in [-0.2, -0.15) is 0 Å². The Labute approximate surface area is 91.3 Å². The quantitative estimate of drug-likeness (QED) is 0.706. The van der Waals surface area contributed by atoms with Crippen LogP contribution in [0.1, 0.15) is 38.9 Å². The summed E-state index contributed by atoms with van der Waals surface area (Å²) in [4.78, 5) is 11.4. The van der Waals surface area contributed by atoms with E-state index in [4.69, 9.17) is 4.74 Å². The van der Waals surface area contributed by atoms with Gasteiger partial charge in [0.2, 0.25) is 0 Å². The van der Waals surface area contributed by atoms with Crippen molar-refractivity contribution in [1.29, 1.82) is 0 Å². The lowest BCUT2D eigenvalue weighted by Crippen LogP contribution is -2.10. The molecule has 1 atom stereocenters. The highest BCUT2D eigenvalue weighted by Crippen LogP contribution is 2.17. The van der Waals surface area contributed by atoms with Gasteiger partial charge in [0, 0.05) is 6.42 Å². The van der Waals surface area contributed by atoms with Crippen molar-refractivity contribution < 1.29 is 9.53 Å². The lowest BCUT2D eigenvalue weighted by atomic mass is 10.1. The van der Waals surface area contributed by atoms with Crippen LogP contribution < -0.4 is 0 Å². The maximum atomic E-state index is 11.4. The fourth-order valence-corrected chi connectivity index (χ4v) is 1.37. The van der Waals surface area contributed by atoms with Gasteiger partial charge in [0.1, 0.15) is 6.10 Å². The Morgan fingerprint density at radius 1 is 1.20 bits per heavy atom. The number of carbonyl (C=O) groups excluding carboxylic acids is 1. The predicted molar refractivity (Wildman–Crippen MR) is 60.4 cm³/mol. The van der Waals surface area contributed by atoms with Crippen LogP contribution in [0.3, 0.4) is 0 Å². The Kier molecular flexibility index (Phi) is 4.35. The highest BCUT2D eigenvalue weighted by molar-refractivity contribution is 5.69. The maximum absolute atomic E-state index is 11.4. The molecular formula is C13H18O2. The standard InChI is InChI=1S/C13H18O2/c1-10(2)9-13(14)15-11(3)12-7-5-4-6-8-12/h4-8,10-11H,9H2,1-3H3/t11-/m0/s1. The highest BCUT2D eigenvalue weighted by Gasteiger charge is 2.12. The van der Waals surface area contributed by atoms with Crippen LogP contribution in [0.2, 0.25) is 0 Å². The first-order valence-electron chi connectivity index (χ1n) is 5.34. The Morgan fingerprint density at radius 2 is 1.80 bits per heavy atom. The molecule has 0 amide bonds. The van der Waals surface area contributed by atoms with Crippen LogP contribution >= 0.6 is 0 Å². The van der Waals surface area contributed by atoms with Gasteiger partial charge in [-0.15, -0.1) is 0 Å². The molecule has 0 radical (unpaired) electrons. The monoisotopic (exact) mass is 206 g/mol. The summed E-state index contributed by atoms with van der Waals surface area (Å²) in [5, 5.41) is 0. The SMILES string of the molecule is CC(C)CC(=O)O[C@@H](C)c1ccccc1. The highest BCUT2D eigenvalue weighted by atomic mass is 16.5. The zero-order chi connectivity index (χ0) is 11.3. The van der Waals surface area contributed by atoms with Crippen LogP contribution in [-0.4, -0.2) is 5.97 Å². The Balaban J connectivity index is 2.49. The van der Waals surface area contributed by atoms with E-state index in [0.717, 1.165) is 5.56 Å². The fourth-order valence-electron chi connectivity index (χ4n) is 1.37. The maximum Gasteiger partial charge on any atom is 0.306 e. The molecule has 0 bridgehead atoms. The van der Waals surface area contributed by atoms with Gasteiger partial charge in [0.05, 0.1) is 0 Å². The fraction of sp³-hybridized carbons (Fsp3) is 0.462. The van der Waals surface area contributed by atoms with Crippen molar-refractivity contribution in [3.63, 3.8) is 0 Å². The molecule has 1 aromatic rings. The number of rotatable bonds is 4. The van der Waals surface area contributed by atoms with Crippen LogP contribution in [0.15, 0.2) is 30.3 Å². The van der Waals surface area contributed by atoms with Gasteiger partial charge in [-0.3, -0.25) is 4.79 Å². The third-order valence-electron chi connectivity index (χ3n) is 2.15. The van der Waals surface area contributed by atoms with Crippen molar-refractivity contribution in [1.82, 2.24) is 0 Å². The zero-order valence-corrected chi connectivity index (χ0v) is 9.57. The molecule has 0 aliphatic rings. The van der Waals surface area contributed by atoms with Crippen LogP contribution in [-0.2, 0) is 9.53 Å². The first-order valence-corrected chi connectivity index (χ1v) is 5.34. The van der Waals surface area contributed by atoms with Crippen LogP contribution in [0.5, 0.6) is 0 Å². The molecule has 0 aliphatic heterocycles. The minimum Gasteiger partial charge on any atom is -0.458 e. The Morgan fingerprint density at radius 3 is 2.33 bits per heavy atom. The van der Waals surface area contributed by atoms with E-state index in [0.29, 0.717) is 12.3 Å². The lowest BCUT2D eigenvalue weighted by molar-refractivity contribution is -0.149. The summed E-state index contributed by atoms with van der Waals surface area (Å²) >= 11 is 0. The molecule has 1 rings (SSSR count). The third kappa shape index (κ3) is 4.15. The number of esters is 1. The molecule has 15 heavy (non-hydrogen) atoms. The van der Waals surface area contributed by atoms with Crippen molar-refractivity contribution in [2.24, 2.45) is 5.92 Å². The van der Waals surface area contributed by atoms with Gasteiger partial charge in [-0.25, -0.2) is 0 Å². The molecule has 2 nitrogen and oxygen atoms in total. The third-order valence-corrected chi connectivity index (χ3v) is 2.15. The van der Waals surface area contributed by atoms with Crippen molar-refractivity contribution in [2.75, 3.05) is 0 Å². The number of hydrogen-bond acceptors (Lipinski definition) is 2. The zero-order valence-electron chi connectivity index (χ0n) is 9.57. The number of carbonyl (C=O) groups is 1. The average molecular weight is 206 g/mol. The van der Waals surface area contributed by atoms with E-state index in [9.17, 15) is 4.79 Å². The molecule has 82 valence electrons. The van der Waals surface area contributed by atoms with Crippen LogP contribution in [0.4, 0.5) is 0 Å². The lowest BCUT2D eigenvalue weighted by Gasteiger charge is -2.14. The molecule has 0 spiro atoms. The van der Waals surface area contributed by atoms with E-state index < -0.39 is 0 Å². The summed E-state index contributed by atoms with van der Waals surface area (Å²) < 4.78 is 5.31. The van der Waals surface area contributed by atoms with Crippen molar-refractivity contribution >= 4 is 5.97 Å². The second-order valence-corrected chi connectivity index (χ2v) is 4.14. The molecule has 0 aliphatic carbocycles. The van der Waals surface area contributed by atoms with E-state index in [1.165, 1.54) is 0 Å². The topological polar surface area (TPSA) is 26.3 Å². The molecule has 0 heterocycles. The largest absolute Gasteiger partial charge is 0.458 e. The minimum absolute atomic E-state index is 0.124. The van der Waals surface area contributed by atoms with Gasteiger partial charge in [0.15, 0.2) is 0 Å². The number of hydrogen-bond donors (Lipinski definition) is 0. The van der Waals surface area contributed by atoms with Gasteiger partial charge < -0.3 is 4.74 Å². The minimum atomic E-state index is -0.155. The molecule has 0 saturated carbocycles. The van der Waals surface area contributed by atoms with E-state index in [1.807, 2.05) is 51.1 Å². The van der Waals surface area contributed by atoms with E-state index in [-0.39, 0.29) is 12.1 Å². The first kappa shape index (κ1) is 11.8. The summed E-state index contributed by atoms with van der Waals surface area (Å²) in [5.41, 5.74) is 1.04. The van der Waals surface area contributed by atoms with Gasteiger partial charge in [-0.05, 0) is 18.4 Å². The van der Waals surface area contributed by atoms with Gasteiger partial charge >= 0.3 is 5.97 Å². The summed E-state index contributed by atoms with van der Waals surface area (Å²) in [5.74, 6) is 0.224. The molecular weight excluding hydrogens is 188 g/mol. The molecule has 0 fully saturated rings. The Bertz CT molecular complexity index is 304. The van der Waals surface area contributed by atoms with Gasteiger partial charge in [0.25, 0.3) is 0 Å². The second-order valence-electron chi connectivity index (χ2n) is 4.14. The molecule has 2 heteroatoms. The van der Waals surface area contributed by atoms with E-state index in [1.54, 1.807) is 0 Å². The number of benzene rings is 1. The summed E-state index contributed by atoms with van der Waals surface area (Å²) in [6.45, 7) is 5.91. The van der Waals surface area contributed by atoms with E-state index in [2.05, 4.69) is 0 Å². The summed E-state index contributed by atoms with van der Waals surface area (Å²) in [6.07, 6.45) is 0.328. The smallest absolute Gasteiger partial charge is 0.306 e. The van der Waals surface area contributed by atoms with E-state index >= 15 is 0 Å². The van der Waals surface area contributed by atoms with Crippen LogP contribution in [0, 0.1) is 5.92 Å². The molecule has 0 saturated heterocycles. The molecule has 0 aromatic heterocycles. The average Bonchev–Trinajstić information content (AvgIpc) is 2.17. The summed E-state index contributed by atoms with van der Waals surface area (Å²) in [6, 6.07) is 9.77. The molecule has 0 unspecified atom stereocenters.